The second-order valence-corrected chi connectivity index (χ2v) is 6.20. The van der Waals surface area contributed by atoms with Gasteiger partial charge in [-0.05, 0) is 43.8 Å². The molecule has 2 aromatic carbocycles. The van der Waals surface area contributed by atoms with Gasteiger partial charge in [0.15, 0.2) is 11.6 Å². The van der Waals surface area contributed by atoms with Gasteiger partial charge in [-0.1, -0.05) is 37.3 Å². The van der Waals surface area contributed by atoms with E-state index in [9.17, 15) is 0 Å². The van der Waals surface area contributed by atoms with E-state index in [4.69, 9.17) is 14.4 Å². The van der Waals surface area contributed by atoms with Gasteiger partial charge in [-0.15, -0.1) is 0 Å². The molecule has 0 atom stereocenters. The maximum absolute atomic E-state index is 5.95. The number of aromatic nitrogens is 2. The number of rotatable bonds is 7. The Hall–Kier alpha value is -2.92. The molecular weight excluding hydrogens is 324 g/mol. The van der Waals surface area contributed by atoms with Gasteiger partial charge >= 0.3 is 0 Å². The molecule has 0 spiro atoms. The molecule has 0 radical (unpaired) electrons. The summed E-state index contributed by atoms with van der Waals surface area (Å²) in [6.45, 7) is 4.95. The van der Waals surface area contributed by atoms with Crippen LogP contribution in [0.2, 0.25) is 0 Å². The molecular formula is C21H22N4O. The third-order valence-corrected chi connectivity index (χ3v) is 4.32. The van der Waals surface area contributed by atoms with Crippen molar-refractivity contribution in [3.63, 3.8) is 0 Å². The Labute approximate surface area is 152 Å². The highest BCUT2D eigenvalue weighted by atomic mass is 16.3. The van der Waals surface area contributed by atoms with Crippen LogP contribution in [0.1, 0.15) is 13.3 Å². The van der Waals surface area contributed by atoms with Crippen molar-refractivity contribution in [1.82, 2.24) is 15.3 Å². The van der Waals surface area contributed by atoms with E-state index in [-0.39, 0.29) is 0 Å². The highest BCUT2D eigenvalue weighted by Gasteiger charge is 2.13. The van der Waals surface area contributed by atoms with E-state index in [2.05, 4.69) is 17.6 Å². The quantitative estimate of drug-likeness (QED) is 0.484. The minimum atomic E-state index is 0.606. The van der Waals surface area contributed by atoms with E-state index in [1.54, 1.807) is 0 Å². The molecule has 0 amide bonds. The summed E-state index contributed by atoms with van der Waals surface area (Å²) in [4.78, 5) is 9.45. The zero-order chi connectivity index (χ0) is 17.8. The van der Waals surface area contributed by atoms with Crippen molar-refractivity contribution in [3.8, 4) is 11.6 Å². The van der Waals surface area contributed by atoms with Gasteiger partial charge in [0.25, 0.3) is 0 Å². The number of hydrogen-bond donors (Lipinski definition) is 2. The molecule has 2 aromatic heterocycles. The fourth-order valence-corrected chi connectivity index (χ4v) is 3.01. The topological polar surface area (TPSA) is 63.0 Å². The van der Waals surface area contributed by atoms with Crippen LogP contribution in [0.5, 0.6) is 0 Å². The zero-order valence-electron chi connectivity index (χ0n) is 14.8. The summed E-state index contributed by atoms with van der Waals surface area (Å²) >= 11 is 0. The van der Waals surface area contributed by atoms with Crippen LogP contribution in [0, 0.1) is 0 Å². The SMILES string of the molecule is CCNCCCNc1nc(-c2cc3ccccc3o2)nc2ccccc12. The van der Waals surface area contributed by atoms with Crippen LogP contribution in [0.4, 0.5) is 5.82 Å². The Morgan fingerprint density at radius 1 is 0.962 bits per heavy atom. The fraction of sp³-hybridized carbons (Fsp3) is 0.238. The van der Waals surface area contributed by atoms with Gasteiger partial charge in [-0.2, -0.15) is 0 Å². The second kappa shape index (κ2) is 7.54. The van der Waals surface area contributed by atoms with Crippen LogP contribution in [-0.4, -0.2) is 29.6 Å². The Morgan fingerprint density at radius 2 is 1.81 bits per heavy atom. The van der Waals surface area contributed by atoms with Crippen LogP contribution in [-0.2, 0) is 0 Å². The molecule has 5 heteroatoms. The average Bonchev–Trinajstić information content (AvgIpc) is 3.12. The summed E-state index contributed by atoms with van der Waals surface area (Å²) in [6.07, 6.45) is 1.03. The molecule has 0 bridgehead atoms. The van der Waals surface area contributed by atoms with Gasteiger partial charge in [0.1, 0.15) is 11.4 Å². The molecule has 0 unspecified atom stereocenters. The number of hydrogen-bond acceptors (Lipinski definition) is 5. The predicted octanol–water partition coefficient (Wildman–Crippen LogP) is 4.45. The van der Waals surface area contributed by atoms with Gasteiger partial charge in [-0.3, -0.25) is 0 Å². The van der Waals surface area contributed by atoms with E-state index >= 15 is 0 Å². The highest BCUT2D eigenvalue weighted by Crippen LogP contribution is 2.29. The molecule has 132 valence electrons. The van der Waals surface area contributed by atoms with E-state index in [1.165, 1.54) is 0 Å². The molecule has 2 heterocycles. The molecule has 26 heavy (non-hydrogen) atoms. The molecule has 2 N–H and O–H groups in total. The third kappa shape index (κ3) is 3.39. The molecule has 0 fully saturated rings. The van der Waals surface area contributed by atoms with Gasteiger partial charge < -0.3 is 15.1 Å². The number of fused-ring (bicyclic) bond motifs is 2. The van der Waals surface area contributed by atoms with Crippen molar-refractivity contribution in [2.75, 3.05) is 25.0 Å². The Balaban J connectivity index is 1.68. The van der Waals surface area contributed by atoms with Crippen molar-refractivity contribution in [1.29, 1.82) is 0 Å². The largest absolute Gasteiger partial charge is 0.453 e. The minimum absolute atomic E-state index is 0.606. The van der Waals surface area contributed by atoms with Crippen LogP contribution in [0.25, 0.3) is 33.5 Å². The first-order valence-electron chi connectivity index (χ1n) is 9.05. The average molecular weight is 346 g/mol. The monoisotopic (exact) mass is 346 g/mol. The smallest absolute Gasteiger partial charge is 0.198 e. The van der Waals surface area contributed by atoms with E-state index in [0.717, 1.165) is 53.7 Å². The first-order chi connectivity index (χ1) is 12.8. The number of para-hydroxylation sites is 2. The van der Waals surface area contributed by atoms with Gasteiger partial charge in [0.05, 0.1) is 5.52 Å². The summed E-state index contributed by atoms with van der Waals surface area (Å²) in [7, 11) is 0. The van der Waals surface area contributed by atoms with Gasteiger partial charge in [-0.25, -0.2) is 9.97 Å². The lowest BCUT2D eigenvalue weighted by atomic mass is 10.2. The molecule has 0 saturated carbocycles. The first-order valence-corrected chi connectivity index (χ1v) is 9.05. The summed E-state index contributed by atoms with van der Waals surface area (Å²) in [5.74, 6) is 2.14. The number of anilines is 1. The third-order valence-electron chi connectivity index (χ3n) is 4.32. The minimum Gasteiger partial charge on any atom is -0.453 e. The number of nitrogens with one attached hydrogen (secondary N) is 2. The summed E-state index contributed by atoms with van der Waals surface area (Å²) in [5.41, 5.74) is 1.76. The molecule has 0 aliphatic heterocycles. The van der Waals surface area contributed by atoms with Crippen LogP contribution in [0.3, 0.4) is 0 Å². The number of furan rings is 1. The summed E-state index contributed by atoms with van der Waals surface area (Å²) in [5, 5.41) is 8.87. The van der Waals surface area contributed by atoms with Crippen LogP contribution in [0.15, 0.2) is 59.0 Å². The molecule has 4 rings (SSSR count). The van der Waals surface area contributed by atoms with Crippen molar-refractivity contribution >= 4 is 27.7 Å². The Bertz CT molecular complexity index is 992. The summed E-state index contributed by atoms with van der Waals surface area (Å²) in [6, 6.07) is 18.0. The maximum atomic E-state index is 5.95. The standard InChI is InChI=1S/C21H22N4O/c1-2-22-12-7-13-23-20-16-9-4-5-10-17(16)24-21(25-20)19-14-15-8-3-6-11-18(15)26-19/h3-6,8-11,14,22H,2,7,12-13H2,1H3,(H,23,24,25). The number of benzene rings is 2. The highest BCUT2D eigenvalue weighted by molar-refractivity contribution is 5.91. The van der Waals surface area contributed by atoms with Crippen molar-refractivity contribution in [2.24, 2.45) is 0 Å². The lowest BCUT2D eigenvalue weighted by Gasteiger charge is -2.10. The lowest BCUT2D eigenvalue weighted by molar-refractivity contribution is 0.625. The Kier molecular flexibility index (Phi) is 4.80. The second-order valence-electron chi connectivity index (χ2n) is 6.20. The molecule has 4 aromatic rings. The number of nitrogens with zero attached hydrogens (tertiary/aromatic N) is 2. The Morgan fingerprint density at radius 3 is 2.69 bits per heavy atom. The lowest BCUT2D eigenvalue weighted by Crippen LogP contribution is -2.17. The zero-order valence-corrected chi connectivity index (χ0v) is 14.8. The molecule has 5 nitrogen and oxygen atoms in total. The maximum Gasteiger partial charge on any atom is 0.198 e. The normalized spacial score (nSPS) is 11.3. The van der Waals surface area contributed by atoms with E-state index in [1.807, 2.05) is 54.6 Å². The van der Waals surface area contributed by atoms with Crippen LogP contribution >= 0.6 is 0 Å². The molecule has 0 aliphatic rings. The van der Waals surface area contributed by atoms with Gasteiger partial charge in [0.2, 0.25) is 0 Å². The van der Waals surface area contributed by atoms with Crippen molar-refractivity contribution in [3.05, 3.63) is 54.6 Å². The van der Waals surface area contributed by atoms with E-state index < -0.39 is 0 Å². The first kappa shape index (κ1) is 16.5. The molecule has 0 saturated heterocycles. The van der Waals surface area contributed by atoms with Crippen LogP contribution < -0.4 is 10.6 Å². The fourth-order valence-electron chi connectivity index (χ4n) is 3.01. The predicted molar refractivity (Wildman–Crippen MR) is 106 cm³/mol. The van der Waals surface area contributed by atoms with E-state index in [0.29, 0.717) is 11.6 Å². The summed E-state index contributed by atoms with van der Waals surface area (Å²) < 4.78 is 5.95. The van der Waals surface area contributed by atoms with Crippen molar-refractivity contribution in [2.45, 2.75) is 13.3 Å². The molecule has 0 aliphatic carbocycles. The van der Waals surface area contributed by atoms with Gasteiger partial charge in [0, 0.05) is 17.3 Å². The van der Waals surface area contributed by atoms with Crippen molar-refractivity contribution < 1.29 is 4.42 Å².